The van der Waals surface area contributed by atoms with Crippen molar-refractivity contribution >= 4 is 29.7 Å². The van der Waals surface area contributed by atoms with Crippen molar-refractivity contribution in [2.45, 2.75) is 32.5 Å². The lowest BCUT2D eigenvalue weighted by atomic mass is 10.0. The number of aliphatic hydroxyl groups excluding tert-OH is 1. The summed E-state index contributed by atoms with van der Waals surface area (Å²) in [7, 11) is 0. The summed E-state index contributed by atoms with van der Waals surface area (Å²) in [5, 5.41) is 14.2. The third kappa shape index (κ3) is 5.60. The van der Waals surface area contributed by atoms with E-state index in [1.165, 1.54) is 11.3 Å². The van der Waals surface area contributed by atoms with Gasteiger partial charge in [0, 0.05) is 12.6 Å². The second-order valence-corrected chi connectivity index (χ2v) is 6.70. The fraction of sp³-hybridized carbons (Fsp3) is 0.389. The number of amides is 1. The molecule has 3 atom stereocenters. The molecule has 0 aliphatic heterocycles. The normalized spacial score (nSPS) is 14.3. The minimum absolute atomic E-state index is 0. The van der Waals surface area contributed by atoms with Crippen LogP contribution in [0.3, 0.4) is 0 Å². The average Bonchev–Trinajstić information content (AvgIpc) is 3.08. The summed E-state index contributed by atoms with van der Waals surface area (Å²) in [6, 6.07) is 11.5. The number of halogens is 1. The van der Waals surface area contributed by atoms with Crippen molar-refractivity contribution in [1.82, 2.24) is 4.90 Å². The van der Waals surface area contributed by atoms with E-state index < -0.39 is 6.10 Å². The second kappa shape index (κ2) is 9.79. The van der Waals surface area contributed by atoms with Gasteiger partial charge in [-0.05, 0) is 34.9 Å². The van der Waals surface area contributed by atoms with Crippen LogP contribution in [0.1, 0.15) is 31.1 Å². The van der Waals surface area contributed by atoms with Gasteiger partial charge in [-0.15, -0.1) is 12.4 Å². The molecule has 4 nitrogen and oxygen atoms in total. The zero-order valence-electron chi connectivity index (χ0n) is 14.0. The molecule has 0 spiro atoms. The van der Waals surface area contributed by atoms with Gasteiger partial charge >= 0.3 is 0 Å². The zero-order valence-corrected chi connectivity index (χ0v) is 15.6. The molecule has 1 aromatic carbocycles. The Kier molecular flexibility index (Phi) is 8.42. The Morgan fingerprint density at radius 3 is 2.46 bits per heavy atom. The highest BCUT2D eigenvalue weighted by Crippen LogP contribution is 2.20. The van der Waals surface area contributed by atoms with Gasteiger partial charge in [0.25, 0.3) is 0 Å². The Morgan fingerprint density at radius 1 is 1.25 bits per heavy atom. The van der Waals surface area contributed by atoms with Crippen LogP contribution in [0.4, 0.5) is 0 Å². The number of hydrogen-bond donors (Lipinski definition) is 2. The van der Waals surface area contributed by atoms with Gasteiger partial charge in [-0.1, -0.05) is 37.3 Å². The van der Waals surface area contributed by atoms with E-state index in [-0.39, 0.29) is 36.8 Å². The molecule has 0 fully saturated rings. The van der Waals surface area contributed by atoms with Gasteiger partial charge in [-0.25, -0.2) is 0 Å². The molecule has 3 unspecified atom stereocenters. The van der Waals surface area contributed by atoms with Gasteiger partial charge in [0.15, 0.2) is 0 Å². The highest BCUT2D eigenvalue weighted by atomic mass is 35.5. The van der Waals surface area contributed by atoms with E-state index in [2.05, 4.69) is 0 Å². The molecular formula is C18H25ClN2O2S. The van der Waals surface area contributed by atoms with Crippen LogP contribution < -0.4 is 5.73 Å². The van der Waals surface area contributed by atoms with Crippen molar-refractivity contribution in [1.29, 1.82) is 0 Å². The molecule has 1 heterocycles. The van der Waals surface area contributed by atoms with Gasteiger partial charge < -0.3 is 15.7 Å². The lowest BCUT2D eigenvalue weighted by Gasteiger charge is -2.29. The van der Waals surface area contributed by atoms with E-state index in [9.17, 15) is 9.90 Å². The number of nitrogens with two attached hydrogens (primary N) is 1. The molecule has 0 bridgehead atoms. The first-order valence-electron chi connectivity index (χ1n) is 7.77. The van der Waals surface area contributed by atoms with Crippen LogP contribution in [0.5, 0.6) is 0 Å². The van der Waals surface area contributed by atoms with Crippen LogP contribution >= 0.6 is 23.7 Å². The van der Waals surface area contributed by atoms with Crippen LogP contribution in [0.15, 0.2) is 47.2 Å². The second-order valence-electron chi connectivity index (χ2n) is 5.92. The van der Waals surface area contributed by atoms with Crippen LogP contribution in [0, 0.1) is 5.92 Å². The molecule has 0 aliphatic carbocycles. The molecule has 2 rings (SSSR count). The number of benzene rings is 1. The molecule has 1 amide bonds. The smallest absolute Gasteiger partial charge is 0.227 e. The summed E-state index contributed by atoms with van der Waals surface area (Å²) in [5.74, 6) is -0.313. The molecular weight excluding hydrogens is 344 g/mol. The lowest BCUT2D eigenvalue weighted by molar-refractivity contribution is -0.137. The Bertz CT molecular complexity index is 605. The molecule has 24 heavy (non-hydrogen) atoms. The number of hydrogen-bond acceptors (Lipinski definition) is 4. The Hall–Kier alpha value is -1.40. The Balaban J connectivity index is 0.00000288. The number of rotatable bonds is 7. The summed E-state index contributed by atoms with van der Waals surface area (Å²) in [5.41, 5.74) is 7.76. The molecule has 1 aromatic heterocycles. The number of carbonyl (C=O) groups excluding carboxylic acids is 1. The predicted molar refractivity (Wildman–Crippen MR) is 101 cm³/mol. The number of nitrogens with zero attached hydrogens (tertiary/aromatic N) is 1. The summed E-state index contributed by atoms with van der Waals surface area (Å²) in [6.07, 6.45) is -0.686. The van der Waals surface area contributed by atoms with Gasteiger partial charge in [0.2, 0.25) is 5.91 Å². The SMILES string of the molecule is CC(N)C(C)C(=O)N(Cc1ccccc1)CC(O)c1ccsc1.Cl. The molecule has 0 saturated carbocycles. The van der Waals surface area contributed by atoms with Crippen molar-refractivity contribution < 1.29 is 9.90 Å². The average molecular weight is 369 g/mol. The third-order valence-corrected chi connectivity index (χ3v) is 4.73. The summed E-state index contributed by atoms with van der Waals surface area (Å²) in [6.45, 7) is 4.40. The fourth-order valence-corrected chi connectivity index (χ4v) is 3.03. The lowest BCUT2D eigenvalue weighted by Crippen LogP contribution is -2.43. The topological polar surface area (TPSA) is 66.6 Å². The standard InChI is InChI=1S/C18H24N2O2S.ClH/c1-13(14(2)19)18(22)20(10-15-6-4-3-5-7-15)11-17(21)16-8-9-23-12-16;/h3-9,12-14,17,21H,10-11,19H2,1-2H3;1H. The van der Waals surface area contributed by atoms with Gasteiger partial charge in [-0.3, -0.25) is 4.79 Å². The van der Waals surface area contributed by atoms with Crippen molar-refractivity contribution in [3.63, 3.8) is 0 Å². The minimum atomic E-state index is -0.686. The van der Waals surface area contributed by atoms with E-state index in [1.54, 1.807) is 4.90 Å². The number of aliphatic hydroxyl groups is 1. The summed E-state index contributed by atoms with van der Waals surface area (Å²) < 4.78 is 0. The van der Waals surface area contributed by atoms with Gasteiger partial charge in [-0.2, -0.15) is 11.3 Å². The maximum atomic E-state index is 12.7. The van der Waals surface area contributed by atoms with E-state index >= 15 is 0 Å². The molecule has 6 heteroatoms. The number of carbonyl (C=O) groups is 1. The maximum Gasteiger partial charge on any atom is 0.227 e. The van der Waals surface area contributed by atoms with Crippen molar-refractivity contribution in [2.24, 2.45) is 11.7 Å². The molecule has 0 radical (unpaired) electrons. The maximum absolute atomic E-state index is 12.7. The predicted octanol–water partition coefficient (Wildman–Crippen LogP) is 3.22. The number of thiophene rings is 1. The van der Waals surface area contributed by atoms with Gasteiger partial charge in [0.1, 0.15) is 0 Å². The van der Waals surface area contributed by atoms with Crippen molar-refractivity contribution in [2.75, 3.05) is 6.54 Å². The van der Waals surface area contributed by atoms with E-state index in [0.29, 0.717) is 6.54 Å². The molecule has 0 saturated heterocycles. The molecule has 3 N–H and O–H groups in total. The zero-order chi connectivity index (χ0) is 16.8. The van der Waals surface area contributed by atoms with Crippen molar-refractivity contribution in [3.05, 3.63) is 58.3 Å². The van der Waals surface area contributed by atoms with Crippen LogP contribution in [0.2, 0.25) is 0 Å². The minimum Gasteiger partial charge on any atom is -0.387 e. The Labute approximate surface area is 153 Å². The largest absolute Gasteiger partial charge is 0.387 e. The molecule has 0 aliphatic rings. The summed E-state index contributed by atoms with van der Waals surface area (Å²) >= 11 is 1.54. The molecule has 132 valence electrons. The molecule has 2 aromatic rings. The Morgan fingerprint density at radius 2 is 1.92 bits per heavy atom. The first kappa shape index (κ1) is 20.6. The first-order valence-corrected chi connectivity index (χ1v) is 8.71. The van der Waals surface area contributed by atoms with E-state index in [0.717, 1.165) is 11.1 Å². The quantitative estimate of drug-likeness (QED) is 0.788. The van der Waals surface area contributed by atoms with Crippen LogP contribution in [-0.2, 0) is 11.3 Å². The monoisotopic (exact) mass is 368 g/mol. The first-order chi connectivity index (χ1) is 11.0. The van der Waals surface area contributed by atoms with E-state index in [4.69, 9.17) is 5.73 Å². The van der Waals surface area contributed by atoms with Crippen molar-refractivity contribution in [3.8, 4) is 0 Å². The fourth-order valence-electron chi connectivity index (χ4n) is 2.33. The summed E-state index contributed by atoms with van der Waals surface area (Å²) in [4.78, 5) is 14.4. The highest BCUT2D eigenvalue weighted by Gasteiger charge is 2.25. The van der Waals surface area contributed by atoms with Gasteiger partial charge in [0.05, 0.1) is 18.6 Å². The van der Waals surface area contributed by atoms with Crippen LogP contribution in [0.25, 0.3) is 0 Å². The highest BCUT2D eigenvalue weighted by molar-refractivity contribution is 7.07. The van der Waals surface area contributed by atoms with Crippen LogP contribution in [-0.4, -0.2) is 28.5 Å². The third-order valence-electron chi connectivity index (χ3n) is 4.03. The van der Waals surface area contributed by atoms with E-state index in [1.807, 2.05) is 61.0 Å².